The maximum absolute atomic E-state index is 5.85. The van der Waals surface area contributed by atoms with Crippen molar-refractivity contribution in [1.29, 1.82) is 0 Å². The summed E-state index contributed by atoms with van der Waals surface area (Å²) in [7, 11) is 3.67. The molecule has 0 saturated heterocycles. The quantitative estimate of drug-likeness (QED) is 0.820. The van der Waals surface area contributed by atoms with Crippen LogP contribution in [0.5, 0.6) is 11.5 Å². The van der Waals surface area contributed by atoms with Gasteiger partial charge in [-0.2, -0.15) is 0 Å². The molecule has 0 saturated carbocycles. The Morgan fingerprint density at radius 1 is 1.16 bits per heavy atom. The van der Waals surface area contributed by atoms with Crippen LogP contribution in [0.25, 0.3) is 0 Å². The summed E-state index contributed by atoms with van der Waals surface area (Å²) in [6, 6.07) is 7.78. The van der Waals surface area contributed by atoms with Crippen molar-refractivity contribution in [2.45, 2.75) is 27.2 Å². The highest BCUT2D eigenvalue weighted by molar-refractivity contribution is 5.39. The number of para-hydroxylation sites is 2. The number of hydrogen-bond donors (Lipinski definition) is 1. The van der Waals surface area contributed by atoms with Crippen LogP contribution in [0.4, 0.5) is 0 Å². The van der Waals surface area contributed by atoms with Gasteiger partial charge in [0.2, 0.25) is 0 Å². The summed E-state index contributed by atoms with van der Waals surface area (Å²) in [6.07, 6.45) is 1.03. The molecule has 0 spiro atoms. The van der Waals surface area contributed by atoms with Gasteiger partial charge in [-0.1, -0.05) is 32.9 Å². The Bertz CT molecular complexity index is 371. The summed E-state index contributed by atoms with van der Waals surface area (Å²) >= 11 is 0. The Kier molecular flexibility index (Phi) is 6.16. The third kappa shape index (κ3) is 5.11. The average Bonchev–Trinajstić information content (AvgIpc) is 2.37. The van der Waals surface area contributed by atoms with Gasteiger partial charge in [-0.25, -0.2) is 0 Å². The fourth-order valence-electron chi connectivity index (χ4n) is 2.14. The Labute approximate surface area is 117 Å². The molecule has 19 heavy (non-hydrogen) atoms. The topological polar surface area (TPSA) is 30.5 Å². The predicted molar refractivity (Wildman–Crippen MR) is 80.0 cm³/mol. The van der Waals surface area contributed by atoms with E-state index < -0.39 is 0 Å². The minimum absolute atomic E-state index is 0.285. The molecule has 1 rings (SSSR count). The molecule has 0 heterocycles. The zero-order valence-electron chi connectivity index (χ0n) is 12.8. The molecule has 0 bridgehead atoms. The Hall–Kier alpha value is -1.22. The molecule has 108 valence electrons. The van der Waals surface area contributed by atoms with Gasteiger partial charge in [0.05, 0.1) is 13.7 Å². The lowest BCUT2D eigenvalue weighted by atomic mass is 9.79. The van der Waals surface area contributed by atoms with Gasteiger partial charge >= 0.3 is 0 Å². The van der Waals surface area contributed by atoms with Crippen molar-refractivity contribution in [3.8, 4) is 11.5 Å². The molecule has 0 aliphatic rings. The second-order valence-corrected chi connectivity index (χ2v) is 5.91. The minimum atomic E-state index is 0.285. The number of rotatable bonds is 7. The van der Waals surface area contributed by atoms with Gasteiger partial charge in [0.25, 0.3) is 0 Å². The molecule has 0 aliphatic carbocycles. The molecular formula is C16H27NO2. The van der Waals surface area contributed by atoms with E-state index in [1.165, 1.54) is 0 Å². The normalized spacial score (nSPS) is 13.1. The van der Waals surface area contributed by atoms with E-state index in [0.717, 1.165) is 24.5 Å². The van der Waals surface area contributed by atoms with Gasteiger partial charge in [-0.3, -0.25) is 0 Å². The molecule has 0 amide bonds. The SMILES string of the molecule is CNCC(CCOc1ccccc1OC)C(C)(C)C. The summed E-state index contributed by atoms with van der Waals surface area (Å²) in [5.41, 5.74) is 0.285. The molecule has 0 radical (unpaired) electrons. The largest absolute Gasteiger partial charge is 0.493 e. The fourth-order valence-corrected chi connectivity index (χ4v) is 2.14. The highest BCUT2D eigenvalue weighted by Crippen LogP contribution is 2.30. The van der Waals surface area contributed by atoms with E-state index in [4.69, 9.17) is 9.47 Å². The van der Waals surface area contributed by atoms with Crippen molar-refractivity contribution < 1.29 is 9.47 Å². The summed E-state index contributed by atoms with van der Waals surface area (Å²) in [5, 5.41) is 3.27. The van der Waals surface area contributed by atoms with E-state index in [0.29, 0.717) is 12.5 Å². The molecular weight excluding hydrogens is 238 g/mol. The van der Waals surface area contributed by atoms with Crippen molar-refractivity contribution in [3.63, 3.8) is 0 Å². The predicted octanol–water partition coefficient (Wildman–Crippen LogP) is 3.35. The van der Waals surface area contributed by atoms with Gasteiger partial charge in [-0.15, -0.1) is 0 Å². The van der Waals surface area contributed by atoms with Crippen LogP contribution < -0.4 is 14.8 Å². The summed E-state index contributed by atoms with van der Waals surface area (Å²) in [6.45, 7) is 8.55. The van der Waals surface area contributed by atoms with Gasteiger partial charge in [0.15, 0.2) is 11.5 Å². The van der Waals surface area contributed by atoms with E-state index in [9.17, 15) is 0 Å². The van der Waals surface area contributed by atoms with Crippen molar-refractivity contribution in [1.82, 2.24) is 5.32 Å². The highest BCUT2D eigenvalue weighted by atomic mass is 16.5. The third-order valence-electron chi connectivity index (χ3n) is 3.47. The van der Waals surface area contributed by atoms with E-state index in [2.05, 4.69) is 26.1 Å². The van der Waals surface area contributed by atoms with Crippen molar-refractivity contribution in [3.05, 3.63) is 24.3 Å². The van der Waals surface area contributed by atoms with Crippen LogP contribution in [-0.4, -0.2) is 27.3 Å². The van der Waals surface area contributed by atoms with E-state index >= 15 is 0 Å². The van der Waals surface area contributed by atoms with E-state index in [1.54, 1.807) is 7.11 Å². The first-order chi connectivity index (χ1) is 8.99. The van der Waals surface area contributed by atoms with Gasteiger partial charge in [0.1, 0.15) is 0 Å². The van der Waals surface area contributed by atoms with Crippen LogP contribution in [0.1, 0.15) is 27.2 Å². The van der Waals surface area contributed by atoms with Crippen molar-refractivity contribution in [2.75, 3.05) is 27.3 Å². The van der Waals surface area contributed by atoms with Crippen molar-refractivity contribution >= 4 is 0 Å². The van der Waals surface area contributed by atoms with Gasteiger partial charge < -0.3 is 14.8 Å². The first-order valence-electron chi connectivity index (χ1n) is 6.89. The lowest BCUT2D eigenvalue weighted by Gasteiger charge is -2.30. The number of methoxy groups -OCH3 is 1. The average molecular weight is 265 g/mol. The Morgan fingerprint density at radius 3 is 2.32 bits per heavy atom. The molecule has 3 heteroatoms. The highest BCUT2D eigenvalue weighted by Gasteiger charge is 2.23. The minimum Gasteiger partial charge on any atom is -0.493 e. The third-order valence-corrected chi connectivity index (χ3v) is 3.47. The lowest BCUT2D eigenvalue weighted by Crippen LogP contribution is -2.31. The molecule has 1 atom stereocenters. The summed E-state index contributed by atoms with van der Waals surface area (Å²) in [4.78, 5) is 0. The first-order valence-corrected chi connectivity index (χ1v) is 6.89. The van der Waals surface area contributed by atoms with Gasteiger partial charge in [0, 0.05) is 0 Å². The van der Waals surface area contributed by atoms with E-state index in [-0.39, 0.29) is 5.41 Å². The van der Waals surface area contributed by atoms with Crippen LogP contribution in [0, 0.1) is 11.3 Å². The zero-order valence-corrected chi connectivity index (χ0v) is 12.8. The molecule has 1 N–H and O–H groups in total. The molecule has 1 unspecified atom stereocenters. The molecule has 0 aliphatic heterocycles. The van der Waals surface area contributed by atoms with Crippen LogP contribution in [0.15, 0.2) is 24.3 Å². The summed E-state index contributed by atoms with van der Waals surface area (Å²) in [5.74, 6) is 2.21. The molecule has 1 aromatic rings. The lowest BCUT2D eigenvalue weighted by molar-refractivity contribution is 0.179. The van der Waals surface area contributed by atoms with Crippen LogP contribution in [0.2, 0.25) is 0 Å². The second-order valence-electron chi connectivity index (χ2n) is 5.91. The van der Waals surface area contributed by atoms with Crippen LogP contribution in [-0.2, 0) is 0 Å². The smallest absolute Gasteiger partial charge is 0.161 e. The standard InChI is InChI=1S/C16H27NO2/c1-16(2,3)13(12-17-4)10-11-19-15-9-7-6-8-14(15)18-5/h6-9,13,17H,10-12H2,1-5H3. The molecule has 0 fully saturated rings. The molecule has 1 aromatic carbocycles. The monoisotopic (exact) mass is 265 g/mol. The second kappa shape index (κ2) is 7.39. The molecule has 3 nitrogen and oxygen atoms in total. The zero-order chi connectivity index (χ0) is 14.3. The number of nitrogens with one attached hydrogen (secondary N) is 1. The van der Waals surface area contributed by atoms with E-state index in [1.807, 2.05) is 31.3 Å². The summed E-state index contributed by atoms with van der Waals surface area (Å²) < 4.78 is 11.1. The fraction of sp³-hybridized carbons (Fsp3) is 0.625. The maximum atomic E-state index is 5.85. The Morgan fingerprint density at radius 2 is 1.79 bits per heavy atom. The Balaban J connectivity index is 2.52. The number of hydrogen-bond acceptors (Lipinski definition) is 3. The van der Waals surface area contributed by atoms with Crippen LogP contribution >= 0.6 is 0 Å². The number of ether oxygens (including phenoxy) is 2. The van der Waals surface area contributed by atoms with Gasteiger partial charge in [-0.05, 0) is 43.5 Å². The first kappa shape index (κ1) is 15.8. The van der Waals surface area contributed by atoms with Crippen molar-refractivity contribution in [2.24, 2.45) is 11.3 Å². The molecule has 0 aromatic heterocycles. The van der Waals surface area contributed by atoms with Crippen LogP contribution in [0.3, 0.4) is 0 Å². The number of benzene rings is 1. The maximum Gasteiger partial charge on any atom is 0.161 e.